The van der Waals surface area contributed by atoms with E-state index in [9.17, 15) is 0 Å². The van der Waals surface area contributed by atoms with Gasteiger partial charge in [-0.25, -0.2) is 4.98 Å². The van der Waals surface area contributed by atoms with Gasteiger partial charge in [-0.2, -0.15) is 0 Å². The molecule has 106 valence electrons. The Balaban J connectivity index is 1.94. The summed E-state index contributed by atoms with van der Waals surface area (Å²) in [5.74, 6) is 1.94. The van der Waals surface area contributed by atoms with Crippen LogP contribution in [0, 0.1) is 5.92 Å². The van der Waals surface area contributed by atoms with Crippen LogP contribution in [0.2, 0.25) is 0 Å². The maximum atomic E-state index is 5.57. The average molecular weight is 263 g/mol. The van der Waals surface area contributed by atoms with E-state index in [4.69, 9.17) is 9.72 Å². The molecule has 0 aromatic carbocycles. The van der Waals surface area contributed by atoms with Crippen molar-refractivity contribution in [2.24, 2.45) is 5.92 Å². The highest BCUT2D eigenvalue weighted by Crippen LogP contribution is 2.31. The zero-order chi connectivity index (χ0) is 13.2. The van der Waals surface area contributed by atoms with Crippen LogP contribution in [0.3, 0.4) is 0 Å². The van der Waals surface area contributed by atoms with E-state index < -0.39 is 0 Å². The monoisotopic (exact) mass is 263 g/mol. The largest absolute Gasteiger partial charge is 0.381 e. The molecule has 1 fully saturated rings. The lowest BCUT2D eigenvalue weighted by Gasteiger charge is -2.25. The third-order valence-corrected chi connectivity index (χ3v) is 4.53. The molecule has 0 bridgehead atoms. The van der Waals surface area contributed by atoms with E-state index >= 15 is 0 Å². The fraction of sp³-hybridized carbons (Fsp3) is 0.800. The molecule has 0 spiro atoms. The number of hydrogen-bond donors (Lipinski definition) is 1. The number of rotatable bonds is 4. The van der Waals surface area contributed by atoms with Crippen molar-refractivity contribution in [3.05, 3.63) is 17.2 Å². The zero-order valence-corrected chi connectivity index (χ0v) is 12.1. The lowest BCUT2D eigenvalue weighted by Crippen LogP contribution is -2.27. The van der Waals surface area contributed by atoms with Crippen LogP contribution in [-0.2, 0) is 24.1 Å². The van der Waals surface area contributed by atoms with Gasteiger partial charge >= 0.3 is 0 Å². The summed E-state index contributed by atoms with van der Waals surface area (Å²) in [5, 5.41) is 3.43. The van der Waals surface area contributed by atoms with Gasteiger partial charge in [-0.05, 0) is 19.8 Å². The van der Waals surface area contributed by atoms with Gasteiger partial charge in [0.2, 0.25) is 0 Å². The third kappa shape index (κ3) is 2.43. The second kappa shape index (κ2) is 5.63. The number of nitrogens with zero attached hydrogens (tertiary/aromatic N) is 2. The molecule has 0 amide bonds. The van der Waals surface area contributed by atoms with Crippen LogP contribution in [0.15, 0.2) is 0 Å². The van der Waals surface area contributed by atoms with E-state index in [1.807, 2.05) is 0 Å². The van der Waals surface area contributed by atoms with Crippen LogP contribution in [0.4, 0.5) is 0 Å². The minimum atomic E-state index is 0.526. The lowest BCUT2D eigenvalue weighted by molar-refractivity contribution is 0.174. The van der Waals surface area contributed by atoms with E-state index in [1.165, 1.54) is 23.6 Å². The third-order valence-electron chi connectivity index (χ3n) is 4.53. The average Bonchev–Trinajstić information content (AvgIpc) is 3.06. The molecular formula is C15H25N3O. The van der Waals surface area contributed by atoms with Gasteiger partial charge in [-0.3, -0.25) is 0 Å². The molecule has 4 heteroatoms. The molecule has 1 aromatic heterocycles. The summed E-state index contributed by atoms with van der Waals surface area (Å²) in [6, 6.07) is 0.526. The van der Waals surface area contributed by atoms with Crippen molar-refractivity contribution in [3.8, 4) is 0 Å². The molecule has 0 radical (unpaired) electrons. The highest BCUT2D eigenvalue weighted by Gasteiger charge is 2.29. The minimum absolute atomic E-state index is 0.526. The molecule has 19 heavy (non-hydrogen) atoms. The molecule has 3 heterocycles. The summed E-state index contributed by atoms with van der Waals surface area (Å²) in [5.41, 5.74) is 2.75. The first-order valence-electron chi connectivity index (χ1n) is 7.68. The van der Waals surface area contributed by atoms with Crippen LogP contribution in [-0.4, -0.2) is 29.3 Å². The summed E-state index contributed by atoms with van der Waals surface area (Å²) >= 11 is 0. The number of aromatic nitrogens is 2. The Morgan fingerprint density at radius 3 is 3.16 bits per heavy atom. The fourth-order valence-corrected chi connectivity index (χ4v) is 3.41. The smallest absolute Gasteiger partial charge is 0.109 e. The van der Waals surface area contributed by atoms with Crippen LogP contribution >= 0.6 is 0 Å². The minimum Gasteiger partial charge on any atom is -0.381 e. The Morgan fingerprint density at radius 2 is 2.42 bits per heavy atom. The first kappa shape index (κ1) is 13.1. The maximum absolute atomic E-state index is 5.57. The van der Waals surface area contributed by atoms with Gasteiger partial charge in [-0.1, -0.05) is 6.92 Å². The van der Waals surface area contributed by atoms with Gasteiger partial charge in [0, 0.05) is 50.2 Å². The van der Waals surface area contributed by atoms with Gasteiger partial charge < -0.3 is 14.6 Å². The summed E-state index contributed by atoms with van der Waals surface area (Å²) < 4.78 is 8.11. The fourth-order valence-electron chi connectivity index (χ4n) is 3.41. The Bertz CT molecular complexity index is 435. The van der Waals surface area contributed by atoms with Crippen LogP contribution < -0.4 is 5.32 Å². The molecule has 0 aliphatic carbocycles. The normalized spacial score (nSPS) is 24.4. The SMILES string of the molecule is CCCc1nc2c(n1C(C)C1CCOC1)CCNC2. The molecule has 4 nitrogen and oxygen atoms in total. The van der Waals surface area contributed by atoms with Gasteiger partial charge in [0.25, 0.3) is 0 Å². The van der Waals surface area contributed by atoms with Crippen molar-refractivity contribution in [1.82, 2.24) is 14.9 Å². The Hall–Kier alpha value is -0.870. The molecule has 2 unspecified atom stereocenters. The second-order valence-electron chi connectivity index (χ2n) is 5.83. The van der Waals surface area contributed by atoms with Crippen LogP contribution in [0.1, 0.15) is 49.9 Å². The number of aryl methyl sites for hydroxylation is 1. The lowest BCUT2D eigenvalue weighted by atomic mass is 9.99. The van der Waals surface area contributed by atoms with Crippen molar-refractivity contribution < 1.29 is 4.74 Å². The van der Waals surface area contributed by atoms with E-state index in [2.05, 4.69) is 23.7 Å². The summed E-state index contributed by atoms with van der Waals surface area (Å²) in [6.07, 6.45) is 4.56. The topological polar surface area (TPSA) is 39.1 Å². The van der Waals surface area contributed by atoms with Gasteiger partial charge in [0.05, 0.1) is 12.3 Å². The van der Waals surface area contributed by atoms with Crippen molar-refractivity contribution >= 4 is 0 Å². The number of fused-ring (bicyclic) bond motifs is 1. The predicted molar refractivity (Wildman–Crippen MR) is 75.3 cm³/mol. The van der Waals surface area contributed by atoms with Crippen molar-refractivity contribution in [2.75, 3.05) is 19.8 Å². The van der Waals surface area contributed by atoms with E-state index in [-0.39, 0.29) is 0 Å². The summed E-state index contributed by atoms with van der Waals surface area (Å²) in [4.78, 5) is 4.89. The molecule has 2 aliphatic heterocycles. The molecule has 1 saturated heterocycles. The summed E-state index contributed by atoms with van der Waals surface area (Å²) in [7, 11) is 0. The van der Waals surface area contributed by atoms with E-state index in [0.29, 0.717) is 12.0 Å². The molecule has 2 atom stereocenters. The molecule has 2 aliphatic rings. The Labute approximate surface area is 115 Å². The zero-order valence-electron chi connectivity index (χ0n) is 12.1. The first-order chi connectivity index (χ1) is 9.31. The standard InChI is InChI=1S/C15H25N3O/c1-3-4-15-17-13-9-16-7-5-14(13)18(15)11(2)12-6-8-19-10-12/h11-12,16H,3-10H2,1-2H3. The van der Waals surface area contributed by atoms with Crippen LogP contribution in [0.25, 0.3) is 0 Å². The Morgan fingerprint density at radius 1 is 1.53 bits per heavy atom. The highest BCUT2D eigenvalue weighted by molar-refractivity contribution is 5.21. The van der Waals surface area contributed by atoms with Crippen LogP contribution in [0.5, 0.6) is 0 Å². The van der Waals surface area contributed by atoms with Crippen molar-refractivity contribution in [3.63, 3.8) is 0 Å². The van der Waals surface area contributed by atoms with Crippen molar-refractivity contribution in [1.29, 1.82) is 0 Å². The number of ether oxygens (including phenoxy) is 1. The molecular weight excluding hydrogens is 238 g/mol. The maximum Gasteiger partial charge on any atom is 0.109 e. The molecule has 3 rings (SSSR count). The van der Waals surface area contributed by atoms with Gasteiger partial charge in [0.1, 0.15) is 5.82 Å². The van der Waals surface area contributed by atoms with E-state index in [0.717, 1.165) is 45.6 Å². The number of imidazole rings is 1. The number of hydrogen-bond acceptors (Lipinski definition) is 3. The molecule has 0 saturated carbocycles. The molecule has 1 N–H and O–H groups in total. The van der Waals surface area contributed by atoms with Gasteiger partial charge in [-0.15, -0.1) is 0 Å². The predicted octanol–water partition coefficient (Wildman–Crippen LogP) is 2.08. The summed E-state index contributed by atoms with van der Waals surface area (Å²) in [6.45, 7) is 8.45. The Kier molecular flexibility index (Phi) is 3.89. The van der Waals surface area contributed by atoms with Gasteiger partial charge in [0.15, 0.2) is 0 Å². The number of nitrogens with one attached hydrogen (secondary N) is 1. The second-order valence-corrected chi connectivity index (χ2v) is 5.83. The molecule has 1 aromatic rings. The first-order valence-corrected chi connectivity index (χ1v) is 7.68. The van der Waals surface area contributed by atoms with E-state index in [1.54, 1.807) is 0 Å². The highest BCUT2D eigenvalue weighted by atomic mass is 16.5. The quantitative estimate of drug-likeness (QED) is 0.904. The van der Waals surface area contributed by atoms with Crippen molar-refractivity contribution in [2.45, 2.75) is 52.1 Å².